The highest BCUT2D eigenvalue weighted by atomic mass is 35.5. The Hall–Kier alpha value is -3.77. The zero-order chi connectivity index (χ0) is 20.1. The molecule has 2 heterocycles. The first-order valence-corrected chi connectivity index (χ1v) is 9.23. The van der Waals surface area contributed by atoms with Gasteiger partial charge in [-0.05, 0) is 36.4 Å². The number of halogens is 1. The van der Waals surface area contributed by atoms with Gasteiger partial charge < -0.3 is 0 Å². The van der Waals surface area contributed by atoms with Crippen LogP contribution in [0.4, 0.5) is 0 Å². The van der Waals surface area contributed by atoms with Crippen LogP contribution in [0, 0.1) is 0 Å². The molecule has 0 radical (unpaired) electrons. The fraction of sp³-hybridized carbons (Fsp3) is 0. The molecule has 0 aliphatic rings. The van der Waals surface area contributed by atoms with Crippen LogP contribution >= 0.6 is 11.6 Å². The van der Waals surface area contributed by atoms with Crippen molar-refractivity contribution in [2.24, 2.45) is 5.10 Å². The average Bonchev–Trinajstić information content (AvgIpc) is 3.19. The van der Waals surface area contributed by atoms with Gasteiger partial charge in [-0.1, -0.05) is 41.9 Å². The number of rotatable bonds is 5. The second-order valence-electron chi connectivity index (χ2n) is 6.13. The predicted octanol–water partition coefficient (Wildman–Crippen LogP) is 4.35. The van der Waals surface area contributed by atoms with Gasteiger partial charge in [-0.2, -0.15) is 10.2 Å². The first kappa shape index (κ1) is 18.6. The molecule has 4 aromatic rings. The highest BCUT2D eigenvalue weighted by Gasteiger charge is 2.12. The van der Waals surface area contributed by atoms with E-state index in [1.165, 1.54) is 0 Å². The molecular weight excluding hydrogens is 386 g/mol. The van der Waals surface area contributed by atoms with Gasteiger partial charge in [-0.15, -0.1) is 0 Å². The molecule has 7 heteroatoms. The van der Waals surface area contributed by atoms with Crippen LogP contribution in [-0.4, -0.2) is 26.9 Å². The summed E-state index contributed by atoms with van der Waals surface area (Å²) in [5.74, 6) is -0.384. The molecule has 1 amide bonds. The Morgan fingerprint density at radius 2 is 1.83 bits per heavy atom. The van der Waals surface area contributed by atoms with Crippen LogP contribution in [0.3, 0.4) is 0 Å². The highest BCUT2D eigenvalue weighted by Crippen LogP contribution is 2.22. The van der Waals surface area contributed by atoms with Crippen LogP contribution in [0.2, 0.25) is 5.02 Å². The fourth-order valence-corrected chi connectivity index (χ4v) is 3.01. The monoisotopic (exact) mass is 401 g/mol. The van der Waals surface area contributed by atoms with E-state index in [2.05, 4.69) is 20.6 Å². The molecule has 2 aromatic heterocycles. The van der Waals surface area contributed by atoms with E-state index in [9.17, 15) is 4.79 Å². The molecule has 0 bridgehead atoms. The minimum Gasteiger partial charge on any atom is -0.267 e. The number of benzene rings is 2. The maximum absolute atomic E-state index is 12.3. The van der Waals surface area contributed by atoms with Crippen molar-refractivity contribution in [1.82, 2.24) is 20.2 Å². The normalized spacial score (nSPS) is 10.9. The summed E-state index contributed by atoms with van der Waals surface area (Å²) >= 11 is 6.06. The van der Waals surface area contributed by atoms with Crippen molar-refractivity contribution in [3.8, 4) is 16.9 Å². The minimum atomic E-state index is -0.384. The molecule has 142 valence electrons. The summed E-state index contributed by atoms with van der Waals surface area (Å²) in [6, 6.07) is 20.3. The Bertz CT molecular complexity index is 1160. The van der Waals surface area contributed by atoms with Gasteiger partial charge >= 0.3 is 0 Å². The number of pyridine rings is 1. The third kappa shape index (κ3) is 4.23. The van der Waals surface area contributed by atoms with Crippen LogP contribution in [0.5, 0.6) is 0 Å². The van der Waals surface area contributed by atoms with Gasteiger partial charge in [0.2, 0.25) is 0 Å². The topological polar surface area (TPSA) is 72.2 Å². The highest BCUT2D eigenvalue weighted by molar-refractivity contribution is 6.33. The van der Waals surface area contributed by atoms with Crippen molar-refractivity contribution in [1.29, 1.82) is 0 Å². The number of aromatic nitrogens is 3. The fourth-order valence-electron chi connectivity index (χ4n) is 2.79. The molecule has 0 saturated carbocycles. The number of para-hydroxylation sites is 1. The number of amides is 1. The number of carbonyl (C=O) groups is 1. The van der Waals surface area contributed by atoms with Crippen molar-refractivity contribution in [3.05, 3.63) is 101 Å². The minimum absolute atomic E-state index is 0.360. The third-order valence-electron chi connectivity index (χ3n) is 4.19. The number of nitrogens with zero attached hydrogens (tertiary/aromatic N) is 4. The molecule has 0 saturated heterocycles. The van der Waals surface area contributed by atoms with Crippen molar-refractivity contribution in [2.45, 2.75) is 0 Å². The molecule has 0 atom stereocenters. The number of hydrogen-bond donors (Lipinski definition) is 1. The SMILES string of the molecule is O=C(N/N=C\c1cn(-c2ccccc2)nc1-c1cccnc1)c1ccccc1Cl. The van der Waals surface area contributed by atoms with E-state index in [1.807, 2.05) is 48.7 Å². The Labute approximate surface area is 172 Å². The van der Waals surface area contributed by atoms with Crippen LogP contribution in [-0.2, 0) is 0 Å². The van der Waals surface area contributed by atoms with E-state index in [0.717, 1.165) is 16.8 Å². The summed E-state index contributed by atoms with van der Waals surface area (Å²) in [6.07, 6.45) is 6.85. The van der Waals surface area contributed by atoms with Gasteiger partial charge in [0.05, 0.1) is 22.5 Å². The molecular formula is C22H16ClN5O. The van der Waals surface area contributed by atoms with Crippen LogP contribution in [0.25, 0.3) is 16.9 Å². The zero-order valence-electron chi connectivity index (χ0n) is 15.2. The molecule has 29 heavy (non-hydrogen) atoms. The Kier molecular flexibility index (Phi) is 5.45. The van der Waals surface area contributed by atoms with E-state index in [1.54, 1.807) is 47.6 Å². The van der Waals surface area contributed by atoms with Crippen molar-refractivity contribution >= 4 is 23.7 Å². The van der Waals surface area contributed by atoms with E-state index >= 15 is 0 Å². The van der Waals surface area contributed by atoms with E-state index < -0.39 is 0 Å². The summed E-state index contributed by atoms with van der Waals surface area (Å²) in [7, 11) is 0. The molecule has 0 spiro atoms. The van der Waals surface area contributed by atoms with Crippen molar-refractivity contribution in [2.75, 3.05) is 0 Å². The van der Waals surface area contributed by atoms with Gasteiger partial charge in [0.25, 0.3) is 5.91 Å². The summed E-state index contributed by atoms with van der Waals surface area (Å²) in [5.41, 5.74) is 6.08. The van der Waals surface area contributed by atoms with Gasteiger partial charge in [-0.25, -0.2) is 10.1 Å². The lowest BCUT2D eigenvalue weighted by Gasteiger charge is -2.01. The lowest BCUT2D eigenvalue weighted by molar-refractivity contribution is 0.0955. The van der Waals surface area contributed by atoms with E-state index in [0.29, 0.717) is 16.3 Å². The quantitative estimate of drug-likeness (QED) is 0.399. The number of hydrazone groups is 1. The largest absolute Gasteiger partial charge is 0.272 e. The maximum Gasteiger partial charge on any atom is 0.272 e. The van der Waals surface area contributed by atoms with E-state index in [-0.39, 0.29) is 5.91 Å². The lowest BCUT2D eigenvalue weighted by Crippen LogP contribution is -2.17. The summed E-state index contributed by atoms with van der Waals surface area (Å²) in [5, 5.41) is 9.14. The Balaban J connectivity index is 1.63. The first-order valence-electron chi connectivity index (χ1n) is 8.86. The molecule has 2 aromatic carbocycles. The van der Waals surface area contributed by atoms with Crippen LogP contribution in [0.15, 0.2) is 90.4 Å². The zero-order valence-corrected chi connectivity index (χ0v) is 16.0. The number of hydrogen-bond acceptors (Lipinski definition) is 4. The summed E-state index contributed by atoms with van der Waals surface area (Å²) < 4.78 is 1.76. The maximum atomic E-state index is 12.3. The molecule has 0 fully saturated rings. The van der Waals surface area contributed by atoms with Gasteiger partial charge in [0.15, 0.2) is 0 Å². The van der Waals surface area contributed by atoms with Crippen molar-refractivity contribution in [3.63, 3.8) is 0 Å². The average molecular weight is 402 g/mol. The first-order chi connectivity index (χ1) is 14.2. The molecule has 4 rings (SSSR count). The summed E-state index contributed by atoms with van der Waals surface area (Å²) in [6.45, 7) is 0. The van der Waals surface area contributed by atoms with E-state index in [4.69, 9.17) is 11.6 Å². The molecule has 0 aliphatic heterocycles. The van der Waals surface area contributed by atoms with Gasteiger partial charge in [0, 0.05) is 29.7 Å². The molecule has 6 nitrogen and oxygen atoms in total. The molecule has 0 unspecified atom stereocenters. The van der Waals surface area contributed by atoms with Crippen LogP contribution in [0.1, 0.15) is 15.9 Å². The number of carbonyl (C=O) groups excluding carboxylic acids is 1. The standard InChI is InChI=1S/C22H16ClN5O/c23-20-11-5-4-10-19(20)22(29)26-25-14-17-15-28(18-8-2-1-3-9-18)27-21(17)16-7-6-12-24-13-16/h1-15H,(H,26,29)/b25-14-. The molecule has 0 aliphatic carbocycles. The predicted molar refractivity (Wildman–Crippen MR) is 113 cm³/mol. The second-order valence-corrected chi connectivity index (χ2v) is 6.54. The Morgan fingerprint density at radius 1 is 1.03 bits per heavy atom. The molecule has 1 N–H and O–H groups in total. The second kappa shape index (κ2) is 8.50. The lowest BCUT2D eigenvalue weighted by atomic mass is 10.1. The third-order valence-corrected chi connectivity index (χ3v) is 4.52. The van der Waals surface area contributed by atoms with Crippen molar-refractivity contribution < 1.29 is 4.79 Å². The summed E-state index contributed by atoms with van der Waals surface area (Å²) in [4.78, 5) is 16.5. The van der Waals surface area contributed by atoms with Gasteiger partial charge in [-0.3, -0.25) is 9.78 Å². The Morgan fingerprint density at radius 3 is 2.59 bits per heavy atom. The van der Waals surface area contributed by atoms with Crippen LogP contribution < -0.4 is 5.43 Å². The smallest absolute Gasteiger partial charge is 0.267 e. The number of nitrogens with one attached hydrogen (secondary N) is 1. The van der Waals surface area contributed by atoms with Gasteiger partial charge in [0.1, 0.15) is 5.69 Å².